The quantitative estimate of drug-likeness (QED) is 0.728. The Morgan fingerprint density at radius 1 is 1.24 bits per heavy atom. The minimum absolute atomic E-state index is 0.142. The van der Waals surface area contributed by atoms with E-state index in [0.717, 1.165) is 17.9 Å². The fraction of sp³-hybridized carbons (Fsp3) is 0.353. The highest BCUT2D eigenvalue weighted by Crippen LogP contribution is 2.16. The van der Waals surface area contributed by atoms with E-state index in [0.29, 0.717) is 12.6 Å². The third-order valence-electron chi connectivity index (χ3n) is 3.43. The highest BCUT2D eigenvalue weighted by atomic mass is 32.1. The molecule has 0 unspecified atom stereocenters. The minimum Gasteiger partial charge on any atom is -0.497 e. The van der Waals surface area contributed by atoms with E-state index in [1.54, 1.807) is 18.4 Å². The topological polar surface area (TPSA) is 29.5 Å². The summed E-state index contributed by atoms with van der Waals surface area (Å²) in [5.41, 5.74) is 0.729. The van der Waals surface area contributed by atoms with Gasteiger partial charge in [0.15, 0.2) is 5.78 Å². The number of rotatable bonds is 7. The van der Waals surface area contributed by atoms with E-state index in [-0.39, 0.29) is 5.78 Å². The molecule has 0 atom stereocenters. The fourth-order valence-electron chi connectivity index (χ4n) is 2.08. The van der Waals surface area contributed by atoms with E-state index in [1.165, 1.54) is 4.88 Å². The molecule has 1 heterocycles. The first kappa shape index (κ1) is 15.7. The lowest BCUT2D eigenvalue weighted by Crippen LogP contribution is -2.35. The Balaban J connectivity index is 2.03. The molecule has 0 amide bonds. The van der Waals surface area contributed by atoms with Crippen molar-refractivity contribution in [1.29, 1.82) is 0 Å². The molecule has 0 bridgehead atoms. The summed E-state index contributed by atoms with van der Waals surface area (Å²) in [5, 5.41) is 2.07. The second-order valence-electron chi connectivity index (χ2n) is 5.23. The maximum atomic E-state index is 12.4. The van der Waals surface area contributed by atoms with Crippen LogP contribution in [-0.4, -0.2) is 30.4 Å². The molecule has 112 valence electrons. The normalized spacial score (nSPS) is 11.1. The van der Waals surface area contributed by atoms with E-state index in [4.69, 9.17) is 4.74 Å². The standard InChI is InChI=1S/C17H21NO2S/c1-13(2)18(11-16-5-4-10-21-16)12-17(19)14-6-8-15(20-3)9-7-14/h4-10,13H,11-12H2,1-3H3. The van der Waals surface area contributed by atoms with E-state index in [9.17, 15) is 4.79 Å². The van der Waals surface area contributed by atoms with Crippen molar-refractivity contribution >= 4 is 17.1 Å². The van der Waals surface area contributed by atoms with E-state index in [1.807, 2.05) is 30.3 Å². The number of benzene rings is 1. The highest BCUT2D eigenvalue weighted by Gasteiger charge is 2.16. The van der Waals surface area contributed by atoms with Crippen LogP contribution in [0, 0.1) is 0 Å². The van der Waals surface area contributed by atoms with Gasteiger partial charge >= 0.3 is 0 Å². The molecule has 1 aromatic carbocycles. The lowest BCUT2D eigenvalue weighted by molar-refractivity contribution is 0.0899. The Kier molecular flexibility index (Phi) is 5.53. The van der Waals surface area contributed by atoms with Gasteiger partial charge in [0.25, 0.3) is 0 Å². The Hall–Kier alpha value is -1.65. The number of hydrogen-bond donors (Lipinski definition) is 0. The van der Waals surface area contributed by atoms with Gasteiger partial charge in [0.2, 0.25) is 0 Å². The average molecular weight is 303 g/mol. The van der Waals surface area contributed by atoms with Crippen LogP contribution in [0.25, 0.3) is 0 Å². The number of carbonyl (C=O) groups is 1. The molecule has 2 aromatic rings. The zero-order valence-electron chi connectivity index (χ0n) is 12.7. The van der Waals surface area contributed by atoms with Gasteiger partial charge in [-0.25, -0.2) is 0 Å². The first-order valence-corrected chi connectivity index (χ1v) is 7.92. The Morgan fingerprint density at radius 2 is 1.95 bits per heavy atom. The predicted octanol–water partition coefficient (Wildman–Crippen LogP) is 3.85. The van der Waals surface area contributed by atoms with Crippen LogP contribution in [0.1, 0.15) is 29.1 Å². The number of nitrogens with zero attached hydrogens (tertiary/aromatic N) is 1. The van der Waals surface area contributed by atoms with Gasteiger partial charge in [0.05, 0.1) is 13.7 Å². The first-order chi connectivity index (χ1) is 10.1. The summed E-state index contributed by atoms with van der Waals surface area (Å²) >= 11 is 1.73. The third kappa shape index (κ3) is 4.41. The Labute approximate surface area is 130 Å². The molecule has 0 aliphatic rings. The van der Waals surface area contributed by atoms with Crippen LogP contribution >= 0.6 is 11.3 Å². The molecule has 3 nitrogen and oxygen atoms in total. The highest BCUT2D eigenvalue weighted by molar-refractivity contribution is 7.09. The molecule has 0 aliphatic heterocycles. The molecule has 0 N–H and O–H groups in total. The van der Waals surface area contributed by atoms with Gasteiger partial charge in [-0.05, 0) is 49.6 Å². The van der Waals surface area contributed by atoms with Crippen molar-refractivity contribution in [2.24, 2.45) is 0 Å². The average Bonchev–Trinajstić information content (AvgIpc) is 2.99. The second kappa shape index (κ2) is 7.38. The van der Waals surface area contributed by atoms with Gasteiger partial charge in [0, 0.05) is 23.0 Å². The lowest BCUT2D eigenvalue weighted by Gasteiger charge is -2.25. The molecular weight excluding hydrogens is 282 g/mol. The monoisotopic (exact) mass is 303 g/mol. The van der Waals surface area contributed by atoms with Crippen molar-refractivity contribution in [3.05, 3.63) is 52.2 Å². The van der Waals surface area contributed by atoms with Gasteiger partial charge in [-0.2, -0.15) is 0 Å². The molecule has 0 fully saturated rings. The zero-order chi connectivity index (χ0) is 15.2. The SMILES string of the molecule is COc1ccc(C(=O)CN(Cc2cccs2)C(C)C)cc1. The summed E-state index contributed by atoms with van der Waals surface area (Å²) in [6.45, 7) is 5.49. The van der Waals surface area contributed by atoms with Crippen molar-refractivity contribution in [2.45, 2.75) is 26.4 Å². The Bertz CT molecular complexity index is 561. The molecule has 0 saturated heterocycles. The smallest absolute Gasteiger partial charge is 0.176 e. The molecule has 0 saturated carbocycles. The molecular formula is C17H21NO2S. The molecule has 0 spiro atoms. The van der Waals surface area contributed by atoms with Gasteiger partial charge in [-0.1, -0.05) is 6.07 Å². The largest absolute Gasteiger partial charge is 0.497 e. The summed E-state index contributed by atoms with van der Waals surface area (Å²) in [6, 6.07) is 11.8. The van der Waals surface area contributed by atoms with Crippen molar-refractivity contribution in [1.82, 2.24) is 4.90 Å². The summed E-state index contributed by atoms with van der Waals surface area (Å²) < 4.78 is 5.12. The van der Waals surface area contributed by atoms with Gasteiger partial charge < -0.3 is 4.74 Å². The van der Waals surface area contributed by atoms with Crippen molar-refractivity contribution in [2.75, 3.05) is 13.7 Å². The lowest BCUT2D eigenvalue weighted by atomic mass is 10.1. The van der Waals surface area contributed by atoms with Crippen molar-refractivity contribution in [3.8, 4) is 5.75 Å². The summed E-state index contributed by atoms with van der Waals surface area (Å²) in [7, 11) is 1.62. The van der Waals surface area contributed by atoms with Crippen molar-refractivity contribution in [3.63, 3.8) is 0 Å². The van der Waals surface area contributed by atoms with Crippen LogP contribution in [0.5, 0.6) is 5.75 Å². The number of thiophene rings is 1. The van der Waals surface area contributed by atoms with Gasteiger partial charge in [-0.15, -0.1) is 11.3 Å². The van der Waals surface area contributed by atoms with E-state index < -0.39 is 0 Å². The van der Waals surface area contributed by atoms with Crippen LogP contribution in [0.2, 0.25) is 0 Å². The number of Topliss-reactive ketones (excluding diaryl/α,β-unsaturated/α-hetero) is 1. The van der Waals surface area contributed by atoms with Crippen LogP contribution in [0.4, 0.5) is 0 Å². The van der Waals surface area contributed by atoms with Crippen LogP contribution in [0.15, 0.2) is 41.8 Å². The Morgan fingerprint density at radius 3 is 2.48 bits per heavy atom. The van der Waals surface area contributed by atoms with Gasteiger partial charge in [-0.3, -0.25) is 9.69 Å². The van der Waals surface area contributed by atoms with Crippen LogP contribution in [0.3, 0.4) is 0 Å². The number of ether oxygens (including phenoxy) is 1. The minimum atomic E-state index is 0.142. The van der Waals surface area contributed by atoms with E-state index >= 15 is 0 Å². The summed E-state index contributed by atoms with van der Waals surface area (Å²) in [4.78, 5) is 15.9. The maximum Gasteiger partial charge on any atom is 0.176 e. The maximum absolute atomic E-state index is 12.4. The molecule has 21 heavy (non-hydrogen) atoms. The van der Waals surface area contributed by atoms with Crippen molar-refractivity contribution < 1.29 is 9.53 Å². The predicted molar refractivity (Wildman–Crippen MR) is 87.2 cm³/mol. The zero-order valence-corrected chi connectivity index (χ0v) is 13.5. The fourth-order valence-corrected chi connectivity index (χ4v) is 2.81. The molecule has 1 aromatic heterocycles. The molecule has 0 radical (unpaired) electrons. The summed E-state index contributed by atoms with van der Waals surface area (Å²) in [6.07, 6.45) is 0. The van der Waals surface area contributed by atoms with Gasteiger partial charge in [0.1, 0.15) is 5.75 Å². The van der Waals surface area contributed by atoms with Crippen LogP contribution < -0.4 is 4.74 Å². The number of methoxy groups -OCH3 is 1. The van der Waals surface area contributed by atoms with E-state index in [2.05, 4.69) is 30.2 Å². The molecule has 2 rings (SSSR count). The number of ketones is 1. The number of hydrogen-bond acceptors (Lipinski definition) is 4. The summed E-state index contributed by atoms with van der Waals surface area (Å²) in [5.74, 6) is 0.911. The number of carbonyl (C=O) groups excluding carboxylic acids is 1. The second-order valence-corrected chi connectivity index (χ2v) is 6.26. The van der Waals surface area contributed by atoms with Crippen LogP contribution in [-0.2, 0) is 6.54 Å². The molecule has 4 heteroatoms. The third-order valence-corrected chi connectivity index (χ3v) is 4.29. The molecule has 0 aliphatic carbocycles. The first-order valence-electron chi connectivity index (χ1n) is 7.04.